The van der Waals surface area contributed by atoms with Crippen LogP contribution in [0.1, 0.15) is 93.6 Å². The third-order valence-corrected chi connectivity index (χ3v) is 15.2. The number of esters is 1. The lowest BCUT2D eigenvalue weighted by atomic mass is 9.77. The van der Waals surface area contributed by atoms with Crippen molar-refractivity contribution >= 4 is 34.5 Å². The number of aliphatic hydroxyl groups excluding tert-OH is 3. The van der Waals surface area contributed by atoms with E-state index in [1.54, 1.807) is 41.5 Å². The van der Waals surface area contributed by atoms with Gasteiger partial charge in [0.25, 0.3) is 0 Å². The van der Waals surface area contributed by atoms with Gasteiger partial charge in [0.1, 0.15) is 23.9 Å². The van der Waals surface area contributed by atoms with Crippen molar-refractivity contribution in [2.45, 2.75) is 183 Å². The summed E-state index contributed by atoms with van der Waals surface area (Å²) < 4.78 is 36.5. The largest absolute Gasteiger partial charge is 0.448 e. The number of cyclic esters (lactones) is 1. The second-order valence-electron chi connectivity index (χ2n) is 19.5. The molecule has 18 atom stereocenters. The van der Waals surface area contributed by atoms with Gasteiger partial charge in [0.05, 0.1) is 41.5 Å². The summed E-state index contributed by atoms with van der Waals surface area (Å²) in [6.07, 6.45) is -7.36. The standard InChI is InChI=1S/C46H78IN3O13/c1-26-23-44(7,56)40(62-42-36(52)33(49(10)11)22-27(2)59-42)28(3)37(61-35-24-45(8,58-12)39(54)31(6)60-35)29(4)41(55)63-43(47)46(9,57)38(53)30(5)50(25-26)21-19-34(51)48-20-18-32-16-14-13-15-17-32/h13-17,26-31,33,35-40,42-43,52-54,56-57H,18-25H2,1-12H3,(H,48,51)/t26-,27-,28+,29-,30-,31+,33+,35+,36-,37+,38-,39+,40-,42+,43+,44-,45-,46+/m1/s1. The maximum atomic E-state index is 14.3. The molecule has 63 heavy (non-hydrogen) atoms. The van der Waals surface area contributed by atoms with Crippen LogP contribution < -0.4 is 5.32 Å². The number of hydrogen-bond donors (Lipinski definition) is 6. The quantitative estimate of drug-likeness (QED) is 0.101. The van der Waals surface area contributed by atoms with Gasteiger partial charge in [-0.3, -0.25) is 14.5 Å². The maximum absolute atomic E-state index is 14.3. The fourth-order valence-electron chi connectivity index (χ4n) is 9.63. The number of aliphatic hydroxyl groups is 5. The minimum absolute atomic E-state index is 0.0972. The highest BCUT2D eigenvalue weighted by Gasteiger charge is 2.53. The molecule has 3 aliphatic rings. The minimum Gasteiger partial charge on any atom is -0.448 e. The molecule has 0 unspecified atom stereocenters. The van der Waals surface area contributed by atoms with E-state index in [2.05, 4.69) is 5.32 Å². The zero-order chi connectivity index (χ0) is 47.2. The smallest absolute Gasteiger partial charge is 0.312 e. The Kier molecular flexibility index (Phi) is 19.7. The van der Waals surface area contributed by atoms with E-state index in [9.17, 15) is 35.1 Å². The fraction of sp³-hybridized carbons (Fsp3) is 0.826. The normalized spacial score (nSPS) is 42.8. The van der Waals surface area contributed by atoms with Crippen LogP contribution in [-0.2, 0) is 44.4 Å². The molecule has 1 aromatic carbocycles. The molecule has 0 aliphatic carbocycles. The van der Waals surface area contributed by atoms with E-state index in [1.807, 2.05) is 90.7 Å². The molecular formula is C46H78IN3O13. The molecule has 3 heterocycles. The number of hydrogen-bond acceptors (Lipinski definition) is 15. The first-order valence-electron chi connectivity index (χ1n) is 22.5. The number of amides is 1. The molecular weight excluding hydrogens is 929 g/mol. The van der Waals surface area contributed by atoms with Gasteiger partial charge in [-0.05, 0) is 116 Å². The summed E-state index contributed by atoms with van der Waals surface area (Å²) in [7, 11) is 5.24. The predicted octanol–water partition coefficient (Wildman–Crippen LogP) is 3.00. The topological polar surface area (TPSA) is 209 Å². The molecule has 362 valence electrons. The van der Waals surface area contributed by atoms with Crippen molar-refractivity contribution in [3.8, 4) is 0 Å². The molecule has 3 fully saturated rings. The van der Waals surface area contributed by atoms with Crippen LogP contribution >= 0.6 is 22.6 Å². The number of benzene rings is 1. The summed E-state index contributed by atoms with van der Waals surface area (Å²) >= 11 is 1.81. The molecule has 0 aromatic heterocycles. The predicted molar refractivity (Wildman–Crippen MR) is 245 cm³/mol. The van der Waals surface area contributed by atoms with Crippen molar-refractivity contribution in [3.63, 3.8) is 0 Å². The van der Waals surface area contributed by atoms with E-state index >= 15 is 0 Å². The molecule has 0 radical (unpaired) electrons. The molecule has 6 N–H and O–H groups in total. The van der Waals surface area contributed by atoms with Crippen molar-refractivity contribution in [1.82, 2.24) is 15.1 Å². The van der Waals surface area contributed by atoms with Gasteiger partial charge < -0.3 is 64.2 Å². The molecule has 4 rings (SSSR count). The van der Waals surface area contributed by atoms with E-state index in [-0.39, 0.29) is 49.8 Å². The number of rotatable bonds is 12. The van der Waals surface area contributed by atoms with Crippen molar-refractivity contribution in [2.24, 2.45) is 17.8 Å². The summed E-state index contributed by atoms with van der Waals surface area (Å²) in [6.45, 7) is 16.5. The Labute approximate surface area is 388 Å². The van der Waals surface area contributed by atoms with Gasteiger partial charge in [-0.15, -0.1) is 0 Å². The highest BCUT2D eigenvalue weighted by atomic mass is 127. The van der Waals surface area contributed by atoms with Crippen LogP contribution in [0.2, 0.25) is 0 Å². The number of nitrogens with zero attached hydrogens (tertiary/aromatic N) is 2. The summed E-state index contributed by atoms with van der Waals surface area (Å²) in [5.41, 5.74) is -3.58. The Morgan fingerprint density at radius 2 is 1.62 bits per heavy atom. The molecule has 1 amide bonds. The van der Waals surface area contributed by atoms with Crippen LogP contribution in [0.15, 0.2) is 30.3 Å². The van der Waals surface area contributed by atoms with E-state index in [0.717, 1.165) is 5.56 Å². The Balaban J connectivity index is 1.74. The average molecular weight is 1010 g/mol. The van der Waals surface area contributed by atoms with Crippen molar-refractivity contribution in [1.29, 1.82) is 0 Å². The SMILES string of the molecule is CO[C@]1(C)C[C@H](O[C@H]2[C@H](C)[C@@H](O[C@@H]3O[C@H](C)C[C@H](N(C)C)[C@H]3O)[C@](C)(O)C[C@@H](C)CN(CCC(=O)NCCc3ccccc3)[C@H](C)[C@@H](O)[C@](C)(O)[C@@H](I)OC(=O)[C@@H]2C)O[C@@H](C)[C@@H]1O. The summed E-state index contributed by atoms with van der Waals surface area (Å²) in [5, 5.41) is 62.3. The highest BCUT2D eigenvalue weighted by molar-refractivity contribution is 14.1. The van der Waals surface area contributed by atoms with Gasteiger partial charge in [-0.25, -0.2) is 0 Å². The molecule has 0 bridgehead atoms. The lowest BCUT2D eigenvalue weighted by Crippen LogP contribution is -2.60. The number of likely N-dealkylation sites (N-methyl/N-ethyl adjacent to an activating group) is 1. The molecule has 16 nitrogen and oxygen atoms in total. The Bertz CT molecular complexity index is 1590. The van der Waals surface area contributed by atoms with Crippen LogP contribution in [0.5, 0.6) is 0 Å². The molecule has 1 aromatic rings. The van der Waals surface area contributed by atoms with E-state index in [1.165, 1.54) is 14.0 Å². The lowest BCUT2D eigenvalue weighted by Gasteiger charge is -2.48. The Hall–Kier alpha value is -1.59. The number of nitrogens with one attached hydrogen (secondary N) is 1. The highest BCUT2D eigenvalue weighted by Crippen LogP contribution is 2.40. The average Bonchev–Trinajstić information content (AvgIpc) is 3.21. The van der Waals surface area contributed by atoms with Crippen LogP contribution in [0.4, 0.5) is 0 Å². The zero-order valence-corrected chi connectivity index (χ0v) is 41.6. The van der Waals surface area contributed by atoms with E-state index in [0.29, 0.717) is 25.9 Å². The number of carbonyl (C=O) groups is 2. The van der Waals surface area contributed by atoms with Crippen LogP contribution in [0, 0.1) is 17.8 Å². The number of ether oxygens (including phenoxy) is 6. The zero-order valence-electron chi connectivity index (χ0n) is 39.5. The van der Waals surface area contributed by atoms with Gasteiger partial charge >= 0.3 is 5.97 Å². The van der Waals surface area contributed by atoms with Crippen LogP contribution in [-0.4, -0.2) is 176 Å². The number of alkyl halides is 1. The van der Waals surface area contributed by atoms with Gasteiger partial charge in [0.2, 0.25) is 5.91 Å². The molecule has 0 spiro atoms. The first-order valence-corrected chi connectivity index (χ1v) is 23.8. The number of carbonyl (C=O) groups excluding carboxylic acids is 2. The van der Waals surface area contributed by atoms with Gasteiger partial charge in [0.15, 0.2) is 16.7 Å². The third-order valence-electron chi connectivity index (χ3n) is 13.6. The van der Waals surface area contributed by atoms with Gasteiger partial charge in [-0.2, -0.15) is 0 Å². The third kappa shape index (κ3) is 13.8. The fourth-order valence-corrected chi connectivity index (χ4v) is 10.3. The minimum atomic E-state index is -1.96. The molecule has 0 saturated carbocycles. The summed E-state index contributed by atoms with van der Waals surface area (Å²) in [4.78, 5) is 31.4. The van der Waals surface area contributed by atoms with E-state index < -0.39 is 94.0 Å². The van der Waals surface area contributed by atoms with Crippen molar-refractivity contribution in [2.75, 3.05) is 40.8 Å². The first kappa shape index (κ1) is 54.0. The lowest BCUT2D eigenvalue weighted by molar-refractivity contribution is -0.317. The van der Waals surface area contributed by atoms with Gasteiger partial charge in [-0.1, -0.05) is 44.2 Å². The summed E-state index contributed by atoms with van der Waals surface area (Å²) in [5.74, 6) is -3.13. The Morgan fingerprint density at radius 3 is 2.24 bits per heavy atom. The number of halogens is 1. The second kappa shape index (κ2) is 22.9. The monoisotopic (exact) mass is 1010 g/mol. The Morgan fingerprint density at radius 1 is 0.968 bits per heavy atom. The van der Waals surface area contributed by atoms with E-state index in [4.69, 9.17) is 28.4 Å². The van der Waals surface area contributed by atoms with Crippen molar-refractivity contribution < 1.29 is 63.5 Å². The molecule has 3 aliphatic heterocycles. The maximum Gasteiger partial charge on any atom is 0.312 e. The first-order chi connectivity index (χ1) is 29.3. The number of methoxy groups -OCH3 is 1. The van der Waals surface area contributed by atoms with Gasteiger partial charge in [0, 0.05) is 57.6 Å². The molecule has 17 heteroatoms. The van der Waals surface area contributed by atoms with Crippen LogP contribution in [0.25, 0.3) is 0 Å². The van der Waals surface area contributed by atoms with Crippen LogP contribution in [0.3, 0.4) is 0 Å². The second-order valence-corrected chi connectivity index (χ2v) is 20.6. The summed E-state index contributed by atoms with van der Waals surface area (Å²) in [6, 6.07) is 8.79. The van der Waals surface area contributed by atoms with Crippen molar-refractivity contribution in [3.05, 3.63) is 35.9 Å². The molecule has 3 saturated heterocycles.